The van der Waals surface area contributed by atoms with Gasteiger partial charge in [0.1, 0.15) is 0 Å². The van der Waals surface area contributed by atoms with Crippen LogP contribution in [0.3, 0.4) is 0 Å². The lowest BCUT2D eigenvalue weighted by atomic mass is 10.2. The molecule has 0 aliphatic carbocycles. The van der Waals surface area contributed by atoms with Crippen molar-refractivity contribution in [3.63, 3.8) is 0 Å². The number of benzene rings is 1. The molecule has 0 radical (unpaired) electrons. The van der Waals surface area contributed by atoms with Gasteiger partial charge in [-0.2, -0.15) is 0 Å². The molecule has 3 nitrogen and oxygen atoms in total. The monoisotopic (exact) mass is 232 g/mol. The van der Waals surface area contributed by atoms with E-state index in [2.05, 4.69) is 4.74 Å². The van der Waals surface area contributed by atoms with Crippen molar-refractivity contribution in [2.75, 3.05) is 13.7 Å². The standard InChI is InChI=1S/C10H10ClFO3/c1-3-15-9-7(11)4-6(5-8(9)12)10(13)14-2/h4-5H,3H2,1-2H3. The van der Waals surface area contributed by atoms with Crippen LogP contribution in [0.1, 0.15) is 17.3 Å². The molecule has 0 heterocycles. The van der Waals surface area contributed by atoms with E-state index >= 15 is 0 Å². The minimum Gasteiger partial charge on any atom is -0.489 e. The molecule has 0 saturated carbocycles. The highest BCUT2D eigenvalue weighted by atomic mass is 35.5. The number of rotatable bonds is 3. The Labute approximate surface area is 91.7 Å². The molecule has 0 saturated heterocycles. The summed E-state index contributed by atoms with van der Waals surface area (Å²) in [4.78, 5) is 11.1. The highest BCUT2D eigenvalue weighted by molar-refractivity contribution is 6.32. The normalized spacial score (nSPS) is 9.87. The Balaban J connectivity index is 3.13. The average molecular weight is 233 g/mol. The molecule has 0 spiro atoms. The Kier molecular flexibility index (Phi) is 3.91. The number of halogens is 2. The van der Waals surface area contributed by atoms with Crippen molar-refractivity contribution in [1.82, 2.24) is 0 Å². The van der Waals surface area contributed by atoms with Crippen molar-refractivity contribution < 1.29 is 18.7 Å². The van der Waals surface area contributed by atoms with Crippen LogP contribution in [-0.4, -0.2) is 19.7 Å². The number of methoxy groups -OCH3 is 1. The number of hydrogen-bond acceptors (Lipinski definition) is 3. The minimum absolute atomic E-state index is 0.0492. The number of esters is 1. The van der Waals surface area contributed by atoms with E-state index in [1.165, 1.54) is 13.2 Å². The molecule has 0 aliphatic heterocycles. The maximum atomic E-state index is 13.4. The molecule has 0 aromatic heterocycles. The largest absolute Gasteiger partial charge is 0.489 e. The van der Waals surface area contributed by atoms with Gasteiger partial charge in [-0.3, -0.25) is 0 Å². The van der Waals surface area contributed by atoms with Crippen molar-refractivity contribution in [3.05, 3.63) is 28.5 Å². The lowest BCUT2D eigenvalue weighted by molar-refractivity contribution is 0.0600. The van der Waals surface area contributed by atoms with Gasteiger partial charge in [0.2, 0.25) is 0 Å². The van der Waals surface area contributed by atoms with Gasteiger partial charge >= 0.3 is 5.97 Å². The molecule has 82 valence electrons. The first-order chi connectivity index (χ1) is 7.10. The van der Waals surface area contributed by atoms with E-state index in [1.807, 2.05) is 0 Å². The SMILES string of the molecule is CCOc1c(F)cc(C(=O)OC)cc1Cl. The summed E-state index contributed by atoms with van der Waals surface area (Å²) in [6, 6.07) is 2.34. The van der Waals surface area contributed by atoms with E-state index < -0.39 is 11.8 Å². The summed E-state index contributed by atoms with van der Waals surface area (Å²) < 4.78 is 22.8. The van der Waals surface area contributed by atoms with Crippen LogP contribution in [-0.2, 0) is 4.74 Å². The minimum atomic E-state index is -0.676. The molecule has 1 aromatic carbocycles. The summed E-state index contributed by atoms with van der Waals surface area (Å²) >= 11 is 5.74. The predicted octanol–water partition coefficient (Wildman–Crippen LogP) is 2.66. The second-order valence-electron chi connectivity index (χ2n) is 2.69. The first-order valence-electron chi connectivity index (χ1n) is 4.30. The van der Waals surface area contributed by atoms with Gasteiger partial charge in [-0.1, -0.05) is 11.6 Å². The number of ether oxygens (including phenoxy) is 2. The average Bonchev–Trinajstić information content (AvgIpc) is 2.22. The summed E-state index contributed by atoms with van der Waals surface area (Å²) in [6.45, 7) is 2.01. The van der Waals surface area contributed by atoms with E-state index in [4.69, 9.17) is 16.3 Å². The second-order valence-corrected chi connectivity index (χ2v) is 3.10. The fraction of sp³-hybridized carbons (Fsp3) is 0.300. The van der Waals surface area contributed by atoms with Crippen LogP contribution in [0.5, 0.6) is 5.75 Å². The van der Waals surface area contributed by atoms with Crippen LogP contribution < -0.4 is 4.74 Å². The maximum Gasteiger partial charge on any atom is 0.338 e. The van der Waals surface area contributed by atoms with Crippen molar-refractivity contribution in [2.24, 2.45) is 0 Å². The van der Waals surface area contributed by atoms with Gasteiger partial charge in [-0.15, -0.1) is 0 Å². The summed E-state index contributed by atoms with van der Waals surface area (Å²) in [5, 5.41) is 0.0530. The Bertz CT molecular complexity index is 356. The molecule has 1 aromatic rings. The molecule has 0 fully saturated rings. The van der Waals surface area contributed by atoms with Crippen molar-refractivity contribution in [1.29, 1.82) is 0 Å². The molecule has 0 atom stereocenters. The number of carbonyl (C=O) groups is 1. The smallest absolute Gasteiger partial charge is 0.338 e. The lowest BCUT2D eigenvalue weighted by Crippen LogP contribution is -2.03. The van der Waals surface area contributed by atoms with E-state index in [1.54, 1.807) is 6.92 Å². The molecule has 1 rings (SSSR count). The zero-order valence-corrected chi connectivity index (χ0v) is 9.10. The molecule has 5 heteroatoms. The van der Waals surface area contributed by atoms with E-state index in [-0.39, 0.29) is 16.3 Å². The highest BCUT2D eigenvalue weighted by Crippen LogP contribution is 2.29. The Hall–Kier alpha value is -1.29. The van der Waals surface area contributed by atoms with Crippen LogP contribution in [0.2, 0.25) is 5.02 Å². The van der Waals surface area contributed by atoms with Gasteiger partial charge in [0.05, 0.1) is 24.3 Å². The quantitative estimate of drug-likeness (QED) is 0.752. The molecular formula is C10H10ClFO3. The first-order valence-corrected chi connectivity index (χ1v) is 4.68. The zero-order valence-electron chi connectivity index (χ0n) is 8.34. The molecule has 0 amide bonds. The summed E-state index contributed by atoms with van der Waals surface area (Å²) in [7, 11) is 1.21. The van der Waals surface area contributed by atoms with E-state index in [0.717, 1.165) is 6.07 Å². The van der Waals surface area contributed by atoms with Gasteiger partial charge in [0, 0.05) is 0 Å². The molecule has 0 N–H and O–H groups in total. The first kappa shape index (κ1) is 11.8. The van der Waals surface area contributed by atoms with Gasteiger partial charge in [0.15, 0.2) is 11.6 Å². The third-order valence-corrected chi connectivity index (χ3v) is 1.99. The maximum absolute atomic E-state index is 13.4. The van der Waals surface area contributed by atoms with Crippen LogP contribution >= 0.6 is 11.6 Å². The van der Waals surface area contributed by atoms with Crippen LogP contribution in [0, 0.1) is 5.82 Å². The van der Waals surface area contributed by atoms with Crippen LogP contribution in [0.4, 0.5) is 4.39 Å². The molecule has 0 bridgehead atoms. The van der Waals surface area contributed by atoms with Gasteiger partial charge in [-0.25, -0.2) is 9.18 Å². The zero-order chi connectivity index (χ0) is 11.4. The third kappa shape index (κ3) is 2.59. The Morgan fingerprint density at radius 1 is 1.53 bits per heavy atom. The van der Waals surface area contributed by atoms with Gasteiger partial charge < -0.3 is 9.47 Å². The molecule has 0 unspecified atom stereocenters. The summed E-state index contributed by atoms with van der Waals surface area (Å²) in [6.07, 6.45) is 0. The van der Waals surface area contributed by atoms with Gasteiger partial charge in [0.25, 0.3) is 0 Å². The lowest BCUT2D eigenvalue weighted by Gasteiger charge is -2.08. The summed E-state index contributed by atoms with van der Waals surface area (Å²) in [5.41, 5.74) is 0.0588. The molecule has 0 aliphatic rings. The van der Waals surface area contributed by atoms with Crippen molar-refractivity contribution in [3.8, 4) is 5.75 Å². The molecule has 15 heavy (non-hydrogen) atoms. The van der Waals surface area contributed by atoms with Crippen molar-refractivity contribution in [2.45, 2.75) is 6.92 Å². The fourth-order valence-electron chi connectivity index (χ4n) is 1.08. The Morgan fingerprint density at radius 3 is 2.67 bits per heavy atom. The number of hydrogen-bond donors (Lipinski definition) is 0. The third-order valence-electron chi connectivity index (χ3n) is 1.71. The Morgan fingerprint density at radius 2 is 2.20 bits per heavy atom. The van der Waals surface area contributed by atoms with Crippen LogP contribution in [0.25, 0.3) is 0 Å². The summed E-state index contributed by atoms with van der Waals surface area (Å²) in [5.74, 6) is -1.37. The topological polar surface area (TPSA) is 35.5 Å². The number of carbonyl (C=O) groups excluding carboxylic acids is 1. The van der Waals surface area contributed by atoms with Crippen molar-refractivity contribution >= 4 is 17.6 Å². The second kappa shape index (κ2) is 4.98. The van der Waals surface area contributed by atoms with E-state index in [9.17, 15) is 9.18 Å². The van der Waals surface area contributed by atoms with E-state index in [0.29, 0.717) is 6.61 Å². The van der Waals surface area contributed by atoms with Crippen LogP contribution in [0.15, 0.2) is 12.1 Å². The highest BCUT2D eigenvalue weighted by Gasteiger charge is 2.14. The van der Waals surface area contributed by atoms with Gasteiger partial charge in [-0.05, 0) is 19.1 Å². The predicted molar refractivity (Wildman–Crippen MR) is 53.9 cm³/mol. The fourth-order valence-corrected chi connectivity index (χ4v) is 1.34. The molecular weight excluding hydrogens is 223 g/mol.